The van der Waals surface area contributed by atoms with Crippen LogP contribution in [0.3, 0.4) is 0 Å². The summed E-state index contributed by atoms with van der Waals surface area (Å²) in [4.78, 5) is 23.3. The third kappa shape index (κ3) is 3.79. The highest BCUT2D eigenvalue weighted by molar-refractivity contribution is 5.71. The van der Waals surface area contributed by atoms with Gasteiger partial charge in [0.2, 0.25) is 5.75 Å². The number of hydrogen-bond acceptors (Lipinski definition) is 6. The number of aromatic nitrogens is 1. The molecule has 10 heteroatoms. The van der Waals surface area contributed by atoms with Crippen LogP contribution in [-0.4, -0.2) is 29.6 Å². The topological polar surface area (TPSA) is 91.6 Å². The van der Waals surface area contributed by atoms with Crippen LogP contribution in [0.4, 0.5) is 18.9 Å². The third-order valence-electron chi connectivity index (χ3n) is 1.91. The number of esters is 1. The van der Waals surface area contributed by atoms with Gasteiger partial charge in [-0.05, 0) is 0 Å². The second-order valence-corrected chi connectivity index (χ2v) is 3.16. The van der Waals surface area contributed by atoms with E-state index in [0.717, 1.165) is 7.11 Å². The molecule has 0 saturated heterocycles. The summed E-state index contributed by atoms with van der Waals surface area (Å²) in [7, 11) is 1.04. The molecule has 0 aliphatic rings. The van der Waals surface area contributed by atoms with E-state index in [-0.39, 0.29) is 0 Å². The average Bonchev–Trinajstić information content (AvgIpc) is 2.34. The Kier molecular flexibility index (Phi) is 4.25. The van der Waals surface area contributed by atoms with E-state index in [2.05, 4.69) is 14.5 Å². The van der Waals surface area contributed by atoms with Gasteiger partial charge < -0.3 is 9.47 Å². The molecule has 0 radical (unpaired) electrons. The number of alkyl halides is 3. The molecule has 0 N–H and O–H groups in total. The summed E-state index contributed by atoms with van der Waals surface area (Å²) in [6.07, 6.45) is -4.37. The zero-order chi connectivity index (χ0) is 14.6. The van der Waals surface area contributed by atoms with Crippen molar-refractivity contribution in [1.82, 2.24) is 4.98 Å². The first kappa shape index (κ1) is 14.7. The smallest absolute Gasteiger partial charge is 0.433 e. The highest BCUT2D eigenvalue weighted by Gasteiger charge is 2.34. The molecule has 1 aromatic rings. The van der Waals surface area contributed by atoms with Crippen molar-refractivity contribution in [1.29, 1.82) is 0 Å². The predicted octanol–water partition coefficient (Wildman–Crippen LogP) is 1.56. The first-order chi connectivity index (χ1) is 8.75. The van der Waals surface area contributed by atoms with E-state index in [1.54, 1.807) is 0 Å². The normalized spacial score (nSPS) is 10.9. The average molecular weight is 280 g/mol. The predicted molar refractivity (Wildman–Crippen MR) is 53.4 cm³/mol. The molecular weight excluding hydrogens is 273 g/mol. The van der Waals surface area contributed by atoms with E-state index in [4.69, 9.17) is 0 Å². The summed E-state index contributed by atoms with van der Waals surface area (Å²) in [6, 6.07) is 0.348. The lowest BCUT2D eigenvalue weighted by atomic mass is 10.3. The molecule has 0 unspecified atom stereocenters. The Morgan fingerprint density at radius 3 is 2.63 bits per heavy atom. The van der Waals surface area contributed by atoms with Gasteiger partial charge in [0.1, 0.15) is 11.9 Å². The van der Waals surface area contributed by atoms with Gasteiger partial charge in [-0.3, -0.25) is 10.1 Å². The number of rotatable bonds is 4. The molecule has 0 aliphatic carbocycles. The van der Waals surface area contributed by atoms with Gasteiger partial charge in [-0.25, -0.2) is 9.78 Å². The van der Waals surface area contributed by atoms with Crippen molar-refractivity contribution in [3.63, 3.8) is 0 Å². The molecule has 1 heterocycles. The molecule has 7 nitrogen and oxygen atoms in total. The molecule has 1 aromatic heterocycles. The maximum Gasteiger partial charge on any atom is 0.433 e. The maximum atomic E-state index is 12.4. The summed E-state index contributed by atoms with van der Waals surface area (Å²) < 4.78 is 46.0. The fraction of sp³-hybridized carbons (Fsp3) is 0.333. The van der Waals surface area contributed by atoms with Crippen LogP contribution < -0.4 is 4.74 Å². The SMILES string of the molecule is COC(=O)COc1cc(C(F)(F)F)ncc1[N+](=O)[O-]. The lowest BCUT2D eigenvalue weighted by Crippen LogP contribution is -2.15. The number of halogens is 3. The first-order valence-electron chi connectivity index (χ1n) is 4.67. The Morgan fingerprint density at radius 2 is 2.16 bits per heavy atom. The highest BCUT2D eigenvalue weighted by Crippen LogP contribution is 2.34. The van der Waals surface area contributed by atoms with E-state index in [9.17, 15) is 28.1 Å². The van der Waals surface area contributed by atoms with Crippen molar-refractivity contribution >= 4 is 11.7 Å². The highest BCUT2D eigenvalue weighted by atomic mass is 19.4. The van der Waals surface area contributed by atoms with Crippen molar-refractivity contribution in [2.24, 2.45) is 0 Å². The third-order valence-corrected chi connectivity index (χ3v) is 1.91. The molecule has 0 spiro atoms. The Morgan fingerprint density at radius 1 is 1.53 bits per heavy atom. The van der Waals surface area contributed by atoms with Gasteiger partial charge in [0.15, 0.2) is 6.61 Å². The summed E-state index contributed by atoms with van der Waals surface area (Å²) in [5.74, 6) is -1.60. The van der Waals surface area contributed by atoms with Crippen LogP contribution in [0.2, 0.25) is 0 Å². The lowest BCUT2D eigenvalue weighted by Gasteiger charge is -2.09. The minimum Gasteiger partial charge on any atom is -0.475 e. The number of pyridine rings is 1. The molecule has 0 bridgehead atoms. The van der Waals surface area contributed by atoms with Crippen molar-refractivity contribution in [3.05, 3.63) is 28.1 Å². The minimum absolute atomic E-state index is 0.348. The molecule has 1 rings (SSSR count). The molecule has 0 aromatic carbocycles. The maximum absolute atomic E-state index is 12.4. The van der Waals surface area contributed by atoms with E-state index in [1.165, 1.54) is 0 Å². The second kappa shape index (κ2) is 5.50. The van der Waals surface area contributed by atoms with Gasteiger partial charge >= 0.3 is 17.8 Å². The van der Waals surface area contributed by atoms with Gasteiger partial charge in [-0.15, -0.1) is 0 Å². The van der Waals surface area contributed by atoms with E-state index in [1.807, 2.05) is 0 Å². The van der Waals surface area contributed by atoms with Gasteiger partial charge in [-0.1, -0.05) is 0 Å². The van der Waals surface area contributed by atoms with Crippen molar-refractivity contribution in [2.45, 2.75) is 6.18 Å². The zero-order valence-electron chi connectivity index (χ0n) is 9.43. The van der Waals surface area contributed by atoms with Crippen LogP contribution in [0.1, 0.15) is 5.69 Å². The molecule has 19 heavy (non-hydrogen) atoms. The lowest BCUT2D eigenvalue weighted by molar-refractivity contribution is -0.386. The number of hydrogen-bond donors (Lipinski definition) is 0. The largest absolute Gasteiger partial charge is 0.475 e. The molecule has 0 aliphatic heterocycles. The van der Waals surface area contributed by atoms with E-state index in [0.29, 0.717) is 12.3 Å². The number of nitro groups is 1. The number of ether oxygens (including phenoxy) is 2. The minimum atomic E-state index is -4.78. The monoisotopic (exact) mass is 280 g/mol. The fourth-order valence-corrected chi connectivity index (χ4v) is 1.03. The van der Waals surface area contributed by atoms with Crippen molar-refractivity contribution in [2.75, 3.05) is 13.7 Å². The van der Waals surface area contributed by atoms with Crippen LogP contribution in [0, 0.1) is 10.1 Å². The number of nitrogens with zero attached hydrogens (tertiary/aromatic N) is 2. The number of carbonyl (C=O) groups is 1. The molecule has 0 atom stereocenters. The van der Waals surface area contributed by atoms with Crippen LogP contribution in [0.5, 0.6) is 5.75 Å². The van der Waals surface area contributed by atoms with E-state index >= 15 is 0 Å². The van der Waals surface area contributed by atoms with Gasteiger partial charge in [0.05, 0.1) is 12.0 Å². The van der Waals surface area contributed by atoms with E-state index < -0.39 is 40.8 Å². The van der Waals surface area contributed by atoms with Crippen molar-refractivity contribution in [3.8, 4) is 5.75 Å². The summed E-state index contributed by atoms with van der Waals surface area (Å²) in [6.45, 7) is -0.751. The second-order valence-electron chi connectivity index (χ2n) is 3.16. The van der Waals surface area contributed by atoms with Crippen LogP contribution >= 0.6 is 0 Å². The Hall–Kier alpha value is -2.39. The van der Waals surface area contributed by atoms with Crippen LogP contribution in [0.25, 0.3) is 0 Å². The number of methoxy groups -OCH3 is 1. The molecule has 0 saturated carbocycles. The molecular formula is C9H7F3N2O5. The van der Waals surface area contributed by atoms with Gasteiger partial charge in [0, 0.05) is 6.07 Å². The molecule has 104 valence electrons. The summed E-state index contributed by atoms with van der Waals surface area (Å²) >= 11 is 0. The Labute approximate surface area is 104 Å². The molecule has 0 amide bonds. The van der Waals surface area contributed by atoms with Crippen molar-refractivity contribution < 1.29 is 32.4 Å². The van der Waals surface area contributed by atoms with Gasteiger partial charge in [-0.2, -0.15) is 13.2 Å². The standard InChI is InChI=1S/C9H7F3N2O5/c1-18-8(15)4-19-6-2-7(9(10,11)12)13-3-5(6)14(16)17/h2-3H,4H2,1H3. The van der Waals surface area contributed by atoms with Gasteiger partial charge in [0.25, 0.3) is 0 Å². The van der Waals surface area contributed by atoms with Crippen LogP contribution in [0.15, 0.2) is 12.3 Å². The Bertz CT molecular complexity index is 503. The summed E-state index contributed by atoms with van der Waals surface area (Å²) in [5, 5.41) is 10.6. The number of carbonyl (C=O) groups excluding carboxylic acids is 1. The first-order valence-corrected chi connectivity index (χ1v) is 4.67. The van der Waals surface area contributed by atoms with Crippen LogP contribution in [-0.2, 0) is 15.7 Å². The Balaban J connectivity index is 3.09. The summed E-state index contributed by atoms with van der Waals surface area (Å²) in [5.41, 5.74) is -2.14. The zero-order valence-corrected chi connectivity index (χ0v) is 9.43. The fourth-order valence-electron chi connectivity index (χ4n) is 1.03. The quantitative estimate of drug-likeness (QED) is 0.472. The molecule has 0 fully saturated rings.